The highest BCUT2D eigenvalue weighted by Crippen LogP contribution is 2.43. The van der Waals surface area contributed by atoms with E-state index in [-0.39, 0.29) is 23.1 Å². The Morgan fingerprint density at radius 2 is 1.82 bits per heavy atom. The Labute approximate surface area is 216 Å². The maximum absolute atomic E-state index is 15.8. The number of ether oxygens (including phenoxy) is 2. The van der Waals surface area contributed by atoms with Crippen molar-refractivity contribution in [1.82, 2.24) is 9.88 Å². The number of benzene rings is 3. The van der Waals surface area contributed by atoms with Crippen molar-refractivity contribution in [3.05, 3.63) is 65.2 Å². The van der Waals surface area contributed by atoms with Crippen molar-refractivity contribution in [2.45, 2.75) is 25.3 Å². The van der Waals surface area contributed by atoms with E-state index in [9.17, 15) is 9.90 Å². The molecule has 1 saturated heterocycles. The lowest BCUT2D eigenvalue weighted by Crippen LogP contribution is -2.26. The van der Waals surface area contributed by atoms with E-state index < -0.39 is 23.5 Å². The van der Waals surface area contributed by atoms with Gasteiger partial charge in [-0.25, -0.2) is 13.8 Å². The molecule has 3 aliphatic rings. The number of halogens is 2. The van der Waals surface area contributed by atoms with Crippen molar-refractivity contribution in [3.8, 4) is 34.1 Å². The molecule has 0 saturated carbocycles. The van der Waals surface area contributed by atoms with Crippen LogP contribution in [0, 0.1) is 17.6 Å². The van der Waals surface area contributed by atoms with Gasteiger partial charge in [-0.2, -0.15) is 0 Å². The van der Waals surface area contributed by atoms with Crippen LogP contribution >= 0.6 is 0 Å². The van der Waals surface area contributed by atoms with Crippen molar-refractivity contribution in [2.24, 2.45) is 5.92 Å². The van der Waals surface area contributed by atoms with Crippen LogP contribution in [0.5, 0.6) is 11.5 Å². The second kappa shape index (κ2) is 8.80. The Balaban J connectivity index is 1.25. The van der Waals surface area contributed by atoms with Gasteiger partial charge in [0.25, 0.3) is 0 Å². The molecular weight excluding hydrogens is 494 g/mol. The van der Waals surface area contributed by atoms with Crippen molar-refractivity contribution in [3.63, 3.8) is 0 Å². The molecule has 4 aromatic rings. The van der Waals surface area contributed by atoms with Crippen LogP contribution in [0.25, 0.3) is 33.7 Å². The van der Waals surface area contributed by atoms with Gasteiger partial charge in [-0.1, -0.05) is 18.2 Å². The standard InChI is InChI=1S/C29H24F2N2O5/c30-25-17(15-4-7-23-24(12-15)37-11-10-36-23)2-1-3-19(25)28-32-21-13-20-18(26(31)27(21)38-28)5-6-22(20)33-9-8-16(14-33)29(34)35/h1-4,7,12-13,16,22H,5-6,8-11,14H2,(H,34,35)/t16-,22-/m1/s1. The van der Waals surface area contributed by atoms with Crippen molar-refractivity contribution >= 4 is 17.1 Å². The second-order valence-electron chi connectivity index (χ2n) is 10.0. The first-order chi connectivity index (χ1) is 18.5. The Morgan fingerprint density at radius 3 is 2.63 bits per heavy atom. The van der Waals surface area contributed by atoms with Crippen LogP contribution in [0.1, 0.15) is 30.0 Å². The third kappa shape index (κ3) is 3.64. The summed E-state index contributed by atoms with van der Waals surface area (Å²) in [5.41, 5.74) is 2.79. The summed E-state index contributed by atoms with van der Waals surface area (Å²) in [6, 6.07) is 11.9. The fourth-order valence-corrected chi connectivity index (χ4v) is 5.97. The Hall–Kier alpha value is -3.98. The summed E-state index contributed by atoms with van der Waals surface area (Å²) in [5.74, 6) is -1.04. The number of hydrogen-bond acceptors (Lipinski definition) is 6. The lowest BCUT2D eigenvalue weighted by atomic mass is 10.0. The molecule has 1 aliphatic carbocycles. The quantitative estimate of drug-likeness (QED) is 0.376. The number of hydrogen-bond donors (Lipinski definition) is 1. The number of carbonyl (C=O) groups is 1. The van der Waals surface area contributed by atoms with E-state index >= 15 is 8.78 Å². The SMILES string of the molecule is O=C(O)[C@@H]1CCN([C@@H]2CCc3c2cc2nc(-c4cccc(-c5ccc6c(c5)OCCO6)c4F)oc2c3F)C1. The average molecular weight is 519 g/mol. The highest BCUT2D eigenvalue weighted by Gasteiger charge is 2.37. The number of nitrogens with zero attached hydrogens (tertiary/aromatic N) is 2. The zero-order valence-electron chi connectivity index (χ0n) is 20.4. The van der Waals surface area contributed by atoms with Crippen LogP contribution in [0.4, 0.5) is 8.78 Å². The Kier molecular flexibility index (Phi) is 5.36. The molecule has 0 bridgehead atoms. The first-order valence-corrected chi connectivity index (χ1v) is 12.8. The van der Waals surface area contributed by atoms with E-state index in [1.165, 1.54) is 0 Å². The van der Waals surface area contributed by atoms with Crippen LogP contribution in [-0.2, 0) is 11.2 Å². The van der Waals surface area contributed by atoms with Crippen LogP contribution in [0.2, 0.25) is 0 Å². The number of rotatable bonds is 4. The average Bonchev–Trinajstić information content (AvgIpc) is 3.67. The first-order valence-electron chi connectivity index (χ1n) is 12.8. The van der Waals surface area contributed by atoms with Crippen molar-refractivity contribution < 1.29 is 32.6 Å². The van der Waals surface area contributed by atoms with E-state index in [0.29, 0.717) is 79.3 Å². The molecule has 1 fully saturated rings. The third-order valence-electron chi connectivity index (χ3n) is 7.88. The molecule has 0 radical (unpaired) electrons. The molecule has 194 valence electrons. The zero-order chi connectivity index (χ0) is 26.0. The van der Waals surface area contributed by atoms with Gasteiger partial charge in [-0.05, 0) is 66.8 Å². The molecule has 2 aliphatic heterocycles. The summed E-state index contributed by atoms with van der Waals surface area (Å²) in [6.45, 7) is 2.00. The largest absolute Gasteiger partial charge is 0.486 e. The summed E-state index contributed by atoms with van der Waals surface area (Å²) in [4.78, 5) is 18.0. The van der Waals surface area contributed by atoms with Gasteiger partial charge >= 0.3 is 5.97 Å². The van der Waals surface area contributed by atoms with Crippen LogP contribution in [-0.4, -0.2) is 47.3 Å². The number of carboxylic acids is 1. The molecule has 7 rings (SSSR count). The van der Waals surface area contributed by atoms with Crippen molar-refractivity contribution in [1.29, 1.82) is 0 Å². The zero-order valence-corrected chi connectivity index (χ0v) is 20.4. The molecule has 2 atom stereocenters. The highest BCUT2D eigenvalue weighted by molar-refractivity contribution is 5.81. The van der Waals surface area contributed by atoms with Gasteiger partial charge in [0, 0.05) is 18.2 Å². The predicted octanol–water partition coefficient (Wildman–Crippen LogP) is 5.61. The van der Waals surface area contributed by atoms with Gasteiger partial charge in [0.15, 0.2) is 22.9 Å². The summed E-state index contributed by atoms with van der Waals surface area (Å²) in [6.07, 6.45) is 1.82. The summed E-state index contributed by atoms with van der Waals surface area (Å²) >= 11 is 0. The molecule has 3 heterocycles. The monoisotopic (exact) mass is 518 g/mol. The maximum atomic E-state index is 15.8. The van der Waals surface area contributed by atoms with Gasteiger partial charge < -0.3 is 19.0 Å². The molecule has 1 N–H and O–H groups in total. The lowest BCUT2D eigenvalue weighted by molar-refractivity contribution is -0.141. The molecule has 7 nitrogen and oxygen atoms in total. The molecular formula is C29H24F2N2O5. The van der Waals surface area contributed by atoms with Crippen LogP contribution in [0.3, 0.4) is 0 Å². The Bertz CT molecular complexity index is 1600. The van der Waals surface area contributed by atoms with Gasteiger partial charge in [0.05, 0.1) is 11.5 Å². The number of aromatic nitrogens is 1. The van der Waals surface area contributed by atoms with Crippen LogP contribution < -0.4 is 9.47 Å². The van der Waals surface area contributed by atoms with E-state index in [2.05, 4.69) is 9.88 Å². The van der Waals surface area contributed by atoms with Crippen molar-refractivity contribution in [2.75, 3.05) is 26.3 Å². The van der Waals surface area contributed by atoms with E-state index in [1.54, 1.807) is 36.4 Å². The number of oxazole rings is 1. The minimum Gasteiger partial charge on any atom is -0.486 e. The summed E-state index contributed by atoms with van der Waals surface area (Å²) in [7, 11) is 0. The third-order valence-corrected chi connectivity index (χ3v) is 7.88. The van der Waals surface area contributed by atoms with Gasteiger partial charge in [0.2, 0.25) is 5.89 Å². The number of fused-ring (bicyclic) bond motifs is 3. The van der Waals surface area contributed by atoms with E-state index in [0.717, 1.165) is 5.56 Å². The van der Waals surface area contributed by atoms with Gasteiger partial charge in [-0.15, -0.1) is 0 Å². The molecule has 3 aromatic carbocycles. The molecule has 38 heavy (non-hydrogen) atoms. The van der Waals surface area contributed by atoms with E-state index in [4.69, 9.17) is 13.9 Å². The normalized spacial score (nSPS) is 20.7. The minimum atomic E-state index is -0.797. The number of likely N-dealkylation sites (tertiary alicyclic amines) is 1. The topological polar surface area (TPSA) is 85.0 Å². The molecule has 0 unspecified atom stereocenters. The lowest BCUT2D eigenvalue weighted by Gasteiger charge is -2.24. The molecule has 1 aromatic heterocycles. The van der Waals surface area contributed by atoms with Gasteiger partial charge in [0.1, 0.15) is 24.5 Å². The van der Waals surface area contributed by atoms with E-state index in [1.807, 2.05) is 6.07 Å². The van der Waals surface area contributed by atoms with Crippen LogP contribution in [0.15, 0.2) is 46.9 Å². The van der Waals surface area contributed by atoms with Gasteiger partial charge in [-0.3, -0.25) is 9.69 Å². The predicted molar refractivity (Wildman–Crippen MR) is 134 cm³/mol. The second-order valence-corrected chi connectivity index (χ2v) is 10.0. The highest BCUT2D eigenvalue weighted by atomic mass is 19.1. The summed E-state index contributed by atoms with van der Waals surface area (Å²) in [5, 5.41) is 9.38. The fraction of sp³-hybridized carbons (Fsp3) is 0.310. The molecule has 0 spiro atoms. The molecule has 0 amide bonds. The number of aliphatic carboxylic acids is 1. The minimum absolute atomic E-state index is 0.00290. The Morgan fingerprint density at radius 1 is 1.00 bits per heavy atom. The first kappa shape index (κ1) is 23.2. The number of carboxylic acid groups (broad SMARTS) is 1. The fourth-order valence-electron chi connectivity index (χ4n) is 5.97. The maximum Gasteiger partial charge on any atom is 0.307 e. The molecule has 9 heteroatoms. The smallest absolute Gasteiger partial charge is 0.307 e. The summed E-state index contributed by atoms with van der Waals surface area (Å²) < 4.78 is 48.4.